The molecule has 3 aromatic carbocycles. The maximum Gasteiger partial charge on any atom is 0.441 e. The minimum Gasteiger partial charge on any atom is -0.443 e. The van der Waals surface area contributed by atoms with Crippen LogP contribution in [0.4, 0.5) is 9.59 Å². The van der Waals surface area contributed by atoms with Crippen molar-refractivity contribution in [3.8, 4) is 0 Å². The SMILES string of the molecule is O=C(OCc1ccccc1)N(/N=C/c1ccccc1)C(=O)OCc1ccccc1. The summed E-state index contributed by atoms with van der Waals surface area (Å²) >= 11 is 0. The van der Waals surface area contributed by atoms with Crippen LogP contribution in [0.15, 0.2) is 96.1 Å². The van der Waals surface area contributed by atoms with E-state index in [9.17, 15) is 9.59 Å². The fourth-order valence-corrected chi connectivity index (χ4v) is 2.39. The third-order valence-electron chi connectivity index (χ3n) is 3.88. The standard InChI is InChI=1S/C23H20N2O4/c26-22(28-17-20-12-6-2-7-13-20)25(24-16-19-10-4-1-5-11-19)23(27)29-18-21-14-8-3-9-15-21/h1-16H,17-18H2/b24-16+. The number of benzene rings is 3. The Labute approximate surface area is 169 Å². The van der Waals surface area contributed by atoms with Crippen molar-refractivity contribution in [3.05, 3.63) is 108 Å². The summed E-state index contributed by atoms with van der Waals surface area (Å²) in [5, 5.41) is 4.56. The van der Waals surface area contributed by atoms with E-state index in [1.54, 1.807) is 12.1 Å². The highest BCUT2D eigenvalue weighted by Crippen LogP contribution is 2.08. The molecular formula is C23H20N2O4. The number of hydrogen-bond donors (Lipinski definition) is 0. The van der Waals surface area contributed by atoms with Gasteiger partial charge in [0.1, 0.15) is 13.2 Å². The van der Waals surface area contributed by atoms with Gasteiger partial charge in [-0.25, -0.2) is 9.59 Å². The lowest BCUT2D eigenvalue weighted by molar-refractivity contribution is 0.0710. The number of imide groups is 1. The third-order valence-corrected chi connectivity index (χ3v) is 3.88. The van der Waals surface area contributed by atoms with Gasteiger partial charge in [0.25, 0.3) is 0 Å². The maximum absolute atomic E-state index is 12.5. The largest absolute Gasteiger partial charge is 0.443 e. The third kappa shape index (κ3) is 6.32. The summed E-state index contributed by atoms with van der Waals surface area (Å²) in [6.07, 6.45) is -0.439. The van der Waals surface area contributed by atoms with Gasteiger partial charge in [0.2, 0.25) is 0 Å². The average molecular weight is 388 g/mol. The first-order valence-corrected chi connectivity index (χ1v) is 9.03. The van der Waals surface area contributed by atoms with Gasteiger partial charge in [-0.2, -0.15) is 5.10 Å². The first-order chi connectivity index (χ1) is 14.2. The zero-order valence-electron chi connectivity index (χ0n) is 15.7. The molecule has 6 heteroatoms. The van der Waals surface area contributed by atoms with Crippen LogP contribution in [-0.4, -0.2) is 23.4 Å². The molecule has 0 saturated heterocycles. The Morgan fingerprint density at radius 1 is 0.690 bits per heavy atom. The molecule has 0 aliphatic carbocycles. The van der Waals surface area contributed by atoms with Crippen molar-refractivity contribution < 1.29 is 19.1 Å². The van der Waals surface area contributed by atoms with Crippen LogP contribution in [0.25, 0.3) is 0 Å². The Balaban J connectivity index is 1.68. The highest BCUT2D eigenvalue weighted by molar-refractivity contribution is 5.90. The highest BCUT2D eigenvalue weighted by Gasteiger charge is 2.24. The molecule has 3 aromatic rings. The van der Waals surface area contributed by atoms with Crippen LogP contribution < -0.4 is 0 Å². The van der Waals surface area contributed by atoms with Gasteiger partial charge in [-0.05, 0) is 16.7 Å². The van der Waals surface area contributed by atoms with Gasteiger partial charge in [-0.1, -0.05) is 96.0 Å². The second-order valence-electron chi connectivity index (χ2n) is 6.05. The van der Waals surface area contributed by atoms with Crippen molar-refractivity contribution in [1.29, 1.82) is 0 Å². The Morgan fingerprint density at radius 2 is 1.10 bits per heavy atom. The van der Waals surface area contributed by atoms with Crippen molar-refractivity contribution in [2.75, 3.05) is 0 Å². The van der Waals surface area contributed by atoms with Gasteiger partial charge in [0.05, 0.1) is 6.21 Å². The van der Waals surface area contributed by atoms with Crippen molar-refractivity contribution in [2.24, 2.45) is 5.10 Å². The minimum atomic E-state index is -0.918. The van der Waals surface area contributed by atoms with Crippen LogP contribution in [0.5, 0.6) is 0 Å². The summed E-state index contributed by atoms with van der Waals surface area (Å²) in [6.45, 7) is 0.0337. The number of nitrogens with zero attached hydrogens (tertiary/aromatic N) is 2. The normalized spacial score (nSPS) is 10.5. The quantitative estimate of drug-likeness (QED) is 0.440. The van der Waals surface area contributed by atoms with Crippen molar-refractivity contribution in [1.82, 2.24) is 5.01 Å². The second kappa shape index (κ2) is 10.4. The van der Waals surface area contributed by atoms with E-state index in [2.05, 4.69) is 5.10 Å². The highest BCUT2D eigenvalue weighted by atomic mass is 16.6. The van der Waals surface area contributed by atoms with Crippen LogP contribution in [-0.2, 0) is 22.7 Å². The van der Waals surface area contributed by atoms with Crippen molar-refractivity contribution in [3.63, 3.8) is 0 Å². The van der Waals surface area contributed by atoms with Crippen LogP contribution in [0.1, 0.15) is 16.7 Å². The Bertz CT molecular complexity index is 889. The number of amides is 2. The molecule has 0 radical (unpaired) electrons. The summed E-state index contributed by atoms with van der Waals surface area (Å²) in [5.74, 6) is 0. The van der Waals surface area contributed by atoms with E-state index < -0.39 is 12.2 Å². The molecule has 0 unspecified atom stereocenters. The molecule has 0 fully saturated rings. The van der Waals surface area contributed by atoms with Crippen molar-refractivity contribution in [2.45, 2.75) is 13.2 Å². The fraction of sp³-hybridized carbons (Fsp3) is 0.0870. The topological polar surface area (TPSA) is 68.2 Å². The molecule has 0 heterocycles. The molecule has 0 spiro atoms. The number of carbonyl (C=O) groups excluding carboxylic acids is 2. The lowest BCUT2D eigenvalue weighted by Crippen LogP contribution is -2.33. The second-order valence-corrected chi connectivity index (χ2v) is 6.05. The average Bonchev–Trinajstić information content (AvgIpc) is 2.78. The van der Waals surface area contributed by atoms with Gasteiger partial charge in [-0.15, -0.1) is 0 Å². The Hall–Kier alpha value is -3.93. The van der Waals surface area contributed by atoms with Gasteiger partial charge in [0.15, 0.2) is 0 Å². The molecule has 3 rings (SSSR count). The summed E-state index contributed by atoms with van der Waals surface area (Å²) in [7, 11) is 0. The molecule has 0 atom stereocenters. The maximum atomic E-state index is 12.5. The molecule has 0 aliphatic rings. The van der Waals surface area contributed by atoms with E-state index in [0.29, 0.717) is 5.01 Å². The first-order valence-electron chi connectivity index (χ1n) is 9.03. The summed E-state index contributed by atoms with van der Waals surface area (Å²) in [6, 6.07) is 27.5. The number of hydrazone groups is 1. The van der Waals surface area contributed by atoms with Gasteiger partial charge < -0.3 is 9.47 Å². The lowest BCUT2D eigenvalue weighted by Gasteiger charge is -2.15. The van der Waals surface area contributed by atoms with Crippen LogP contribution >= 0.6 is 0 Å². The molecule has 146 valence electrons. The van der Waals surface area contributed by atoms with Gasteiger partial charge in [0, 0.05) is 0 Å². The zero-order chi connectivity index (χ0) is 20.3. The van der Waals surface area contributed by atoms with Gasteiger partial charge >= 0.3 is 12.2 Å². The van der Waals surface area contributed by atoms with E-state index in [1.165, 1.54) is 6.21 Å². The molecule has 0 bridgehead atoms. The van der Waals surface area contributed by atoms with Gasteiger partial charge in [-0.3, -0.25) is 0 Å². The Morgan fingerprint density at radius 3 is 1.55 bits per heavy atom. The monoisotopic (exact) mass is 388 g/mol. The number of hydrogen-bond acceptors (Lipinski definition) is 5. The molecule has 0 aromatic heterocycles. The predicted molar refractivity (Wildman–Crippen MR) is 109 cm³/mol. The summed E-state index contributed by atoms with van der Waals surface area (Å²) < 4.78 is 10.4. The van der Waals surface area contributed by atoms with E-state index in [4.69, 9.17) is 9.47 Å². The van der Waals surface area contributed by atoms with E-state index in [0.717, 1.165) is 16.7 Å². The molecule has 0 N–H and O–H groups in total. The minimum absolute atomic E-state index is 0.0169. The van der Waals surface area contributed by atoms with Crippen LogP contribution in [0.2, 0.25) is 0 Å². The van der Waals surface area contributed by atoms with E-state index >= 15 is 0 Å². The molecule has 0 aliphatic heterocycles. The molecular weight excluding hydrogens is 368 g/mol. The smallest absolute Gasteiger partial charge is 0.441 e. The summed E-state index contributed by atoms with van der Waals surface area (Å²) in [5.41, 5.74) is 2.32. The molecule has 29 heavy (non-hydrogen) atoms. The molecule has 6 nitrogen and oxygen atoms in total. The number of rotatable bonds is 6. The van der Waals surface area contributed by atoms with E-state index in [-0.39, 0.29) is 13.2 Å². The van der Waals surface area contributed by atoms with Crippen LogP contribution in [0.3, 0.4) is 0 Å². The fourth-order valence-electron chi connectivity index (χ4n) is 2.39. The van der Waals surface area contributed by atoms with Crippen molar-refractivity contribution >= 4 is 18.4 Å². The number of ether oxygens (including phenoxy) is 2. The van der Waals surface area contributed by atoms with E-state index in [1.807, 2.05) is 78.9 Å². The molecule has 2 amide bonds. The summed E-state index contributed by atoms with van der Waals surface area (Å²) in [4.78, 5) is 25.0. The Kier molecular flexibility index (Phi) is 7.12. The lowest BCUT2D eigenvalue weighted by atomic mass is 10.2. The first kappa shape index (κ1) is 19.8. The molecule has 0 saturated carbocycles. The van der Waals surface area contributed by atoms with Crippen LogP contribution in [0, 0.1) is 0 Å². The number of carbonyl (C=O) groups is 2. The predicted octanol–water partition coefficient (Wildman–Crippen LogP) is 5.00. The zero-order valence-corrected chi connectivity index (χ0v) is 15.7.